The Hall–Kier alpha value is -2.50. The van der Waals surface area contributed by atoms with Gasteiger partial charge in [0.1, 0.15) is 28.9 Å². The maximum Gasteiger partial charge on any atom is 0.276 e. The fraction of sp³-hybridized carbons (Fsp3) is 0.250. The molecule has 4 rings (SSSR count). The fourth-order valence-electron chi connectivity index (χ4n) is 2.97. The quantitative estimate of drug-likeness (QED) is 0.614. The van der Waals surface area contributed by atoms with Gasteiger partial charge in [-0.3, -0.25) is 10.1 Å². The second kappa shape index (κ2) is 9.33. The van der Waals surface area contributed by atoms with Gasteiger partial charge >= 0.3 is 0 Å². The van der Waals surface area contributed by atoms with Crippen molar-refractivity contribution in [1.82, 2.24) is 10.3 Å². The smallest absolute Gasteiger partial charge is 0.276 e. The summed E-state index contributed by atoms with van der Waals surface area (Å²) in [5.74, 6) is 1.02. The number of hydrogen-bond donors (Lipinski definition) is 2. The first kappa shape index (κ1) is 21.7. The van der Waals surface area contributed by atoms with Gasteiger partial charge in [0, 0.05) is 11.5 Å². The summed E-state index contributed by atoms with van der Waals surface area (Å²) in [6.45, 7) is 0.181. The Morgan fingerprint density at radius 2 is 2.03 bits per heavy atom. The minimum Gasteiger partial charge on any atom is -0.496 e. The number of hydrogen-bond acceptors (Lipinski definition) is 9. The van der Waals surface area contributed by atoms with E-state index in [4.69, 9.17) is 14.2 Å². The number of carbonyl (C=O) groups excluding carboxylic acids is 1. The van der Waals surface area contributed by atoms with Gasteiger partial charge < -0.3 is 14.2 Å². The molecule has 2 heterocycles. The number of rotatable bonds is 6. The lowest BCUT2D eigenvalue weighted by molar-refractivity contribution is 0.0973. The van der Waals surface area contributed by atoms with Crippen LogP contribution in [0.5, 0.6) is 5.75 Å². The molecular weight excluding hydrogens is 461 g/mol. The predicted molar refractivity (Wildman–Crippen MR) is 121 cm³/mol. The van der Waals surface area contributed by atoms with E-state index in [0.717, 1.165) is 5.70 Å². The molecule has 2 aliphatic rings. The molecule has 1 unspecified atom stereocenters. The van der Waals surface area contributed by atoms with Crippen LogP contribution in [0.25, 0.3) is 0 Å². The van der Waals surface area contributed by atoms with Crippen LogP contribution in [-0.4, -0.2) is 40.8 Å². The molecule has 1 aliphatic heterocycles. The van der Waals surface area contributed by atoms with E-state index in [1.54, 1.807) is 25.7 Å². The standard InChI is InChI=1S/C20H18FN3O4S3/c1-26-14-7-12-18(17(29)16(14)27-2)31-20(23-12)24-19(25)13-9-30-15(22-13)8-28-11-5-3-10(21)4-6-11/h3-7,9,17-18,29H,8H2,1-2H3,(H,23,24,25)/t17-,18?/m0/s1. The minimum atomic E-state index is -0.364. The molecule has 0 saturated carbocycles. The molecule has 31 heavy (non-hydrogen) atoms. The molecule has 0 saturated heterocycles. The number of thioether (sulfide) groups is 1. The van der Waals surface area contributed by atoms with E-state index in [1.807, 2.05) is 0 Å². The lowest BCUT2D eigenvalue weighted by Crippen LogP contribution is -2.30. The highest BCUT2D eigenvalue weighted by atomic mass is 32.2. The zero-order chi connectivity index (χ0) is 22.0. The van der Waals surface area contributed by atoms with E-state index >= 15 is 0 Å². The van der Waals surface area contributed by atoms with E-state index in [9.17, 15) is 9.18 Å². The minimum absolute atomic E-state index is 0.0948. The molecule has 2 atom stereocenters. The van der Waals surface area contributed by atoms with Crippen molar-refractivity contribution >= 4 is 46.8 Å². The van der Waals surface area contributed by atoms with E-state index < -0.39 is 0 Å². The Labute approximate surface area is 191 Å². The van der Waals surface area contributed by atoms with Gasteiger partial charge in [0.15, 0.2) is 16.7 Å². The number of ether oxygens (including phenoxy) is 3. The zero-order valence-electron chi connectivity index (χ0n) is 16.5. The third-order valence-corrected chi connectivity index (χ3v) is 7.20. The van der Waals surface area contributed by atoms with Crippen molar-refractivity contribution in [2.45, 2.75) is 17.1 Å². The summed E-state index contributed by atoms with van der Waals surface area (Å²) in [6.07, 6.45) is 1.79. The highest BCUT2D eigenvalue weighted by molar-refractivity contribution is 8.15. The molecule has 1 N–H and O–H groups in total. The van der Waals surface area contributed by atoms with Crippen molar-refractivity contribution in [3.05, 3.63) is 69.5 Å². The van der Waals surface area contributed by atoms with Crippen molar-refractivity contribution in [2.75, 3.05) is 14.2 Å². The molecule has 2 aromatic rings. The number of amides is 1. The number of thiol groups is 1. The van der Waals surface area contributed by atoms with Crippen molar-refractivity contribution < 1.29 is 23.4 Å². The number of thiazole rings is 1. The highest BCUT2D eigenvalue weighted by Crippen LogP contribution is 2.41. The number of allylic oxidation sites excluding steroid dienone is 1. The number of fused-ring (bicyclic) bond motifs is 1. The number of benzene rings is 1. The third-order valence-electron chi connectivity index (χ3n) is 4.46. The number of methoxy groups -OCH3 is 2. The molecule has 0 fully saturated rings. The first-order chi connectivity index (χ1) is 15.0. The average molecular weight is 480 g/mol. The summed E-state index contributed by atoms with van der Waals surface area (Å²) in [5, 5.41) is 5.19. The molecule has 0 radical (unpaired) electrons. The summed E-state index contributed by atoms with van der Waals surface area (Å²) in [7, 11) is 3.12. The molecule has 1 aliphatic carbocycles. The first-order valence-electron chi connectivity index (χ1n) is 9.09. The van der Waals surface area contributed by atoms with E-state index in [-0.39, 0.29) is 34.5 Å². The van der Waals surface area contributed by atoms with Gasteiger partial charge in [-0.15, -0.1) is 11.3 Å². The lowest BCUT2D eigenvalue weighted by atomic mass is 10.1. The van der Waals surface area contributed by atoms with Crippen LogP contribution < -0.4 is 10.1 Å². The van der Waals surface area contributed by atoms with Crippen LogP contribution in [0.3, 0.4) is 0 Å². The van der Waals surface area contributed by atoms with Gasteiger partial charge in [-0.25, -0.2) is 14.4 Å². The molecule has 0 spiro atoms. The van der Waals surface area contributed by atoms with E-state index in [2.05, 4.69) is 27.9 Å². The van der Waals surface area contributed by atoms with Crippen molar-refractivity contribution in [2.24, 2.45) is 4.99 Å². The van der Waals surface area contributed by atoms with Crippen LogP contribution in [-0.2, 0) is 16.1 Å². The highest BCUT2D eigenvalue weighted by Gasteiger charge is 2.38. The third kappa shape index (κ3) is 4.73. The molecule has 1 aromatic heterocycles. The maximum absolute atomic E-state index is 13.0. The van der Waals surface area contributed by atoms with Gasteiger partial charge in [0.05, 0.1) is 30.4 Å². The summed E-state index contributed by atoms with van der Waals surface area (Å²) >= 11 is 7.33. The van der Waals surface area contributed by atoms with Crippen molar-refractivity contribution in [3.63, 3.8) is 0 Å². The number of halogens is 1. The molecule has 0 bridgehead atoms. The summed E-state index contributed by atoms with van der Waals surface area (Å²) in [4.78, 5) is 21.4. The number of aliphatic imine (C=N–C) groups is 1. The number of amidine groups is 1. The van der Waals surface area contributed by atoms with Crippen LogP contribution in [0.2, 0.25) is 0 Å². The monoisotopic (exact) mass is 479 g/mol. The fourth-order valence-corrected chi connectivity index (χ4v) is 5.27. The zero-order valence-corrected chi connectivity index (χ0v) is 19.0. The van der Waals surface area contributed by atoms with Gasteiger partial charge in [-0.05, 0) is 24.3 Å². The molecule has 162 valence electrons. The SMILES string of the molecule is COC1=C(OC)[C@H](S)C2SC(NC(=O)c3csc(COc4ccc(F)cc4)n3)=NC2=C1. The van der Waals surface area contributed by atoms with Crippen molar-refractivity contribution in [1.29, 1.82) is 0 Å². The summed E-state index contributed by atoms with van der Waals surface area (Å²) in [5.41, 5.74) is 1.02. The second-order valence-corrected chi connectivity index (χ2v) is 9.06. The summed E-state index contributed by atoms with van der Waals surface area (Å²) in [6, 6.07) is 5.71. The Balaban J connectivity index is 1.38. The Morgan fingerprint density at radius 3 is 2.74 bits per heavy atom. The normalized spacial score (nSPS) is 20.0. The molecule has 11 heteroatoms. The van der Waals surface area contributed by atoms with Gasteiger partial charge in [-0.2, -0.15) is 12.6 Å². The van der Waals surface area contributed by atoms with Gasteiger partial charge in [-0.1, -0.05) is 11.8 Å². The van der Waals surface area contributed by atoms with E-state index in [0.29, 0.717) is 27.4 Å². The Morgan fingerprint density at radius 1 is 1.26 bits per heavy atom. The topological polar surface area (TPSA) is 82.0 Å². The van der Waals surface area contributed by atoms with Gasteiger partial charge in [0.2, 0.25) is 0 Å². The first-order valence-corrected chi connectivity index (χ1v) is 11.4. The molecular formula is C20H18FN3O4S3. The maximum atomic E-state index is 13.0. The van der Waals surface area contributed by atoms with Crippen LogP contribution in [0.4, 0.5) is 4.39 Å². The Kier molecular flexibility index (Phi) is 6.54. The van der Waals surface area contributed by atoms with Crippen LogP contribution in [0.15, 0.2) is 57.9 Å². The van der Waals surface area contributed by atoms with Crippen molar-refractivity contribution in [3.8, 4) is 5.75 Å². The second-order valence-electron chi connectivity index (χ2n) is 6.43. The summed E-state index contributed by atoms with van der Waals surface area (Å²) < 4.78 is 29.3. The number of nitrogens with zero attached hydrogens (tertiary/aromatic N) is 2. The average Bonchev–Trinajstić information content (AvgIpc) is 3.40. The molecule has 7 nitrogen and oxygen atoms in total. The van der Waals surface area contributed by atoms with Crippen LogP contribution >= 0.6 is 35.7 Å². The largest absolute Gasteiger partial charge is 0.496 e. The Bertz CT molecular complexity index is 1080. The van der Waals surface area contributed by atoms with Gasteiger partial charge in [0.25, 0.3) is 5.91 Å². The number of carbonyl (C=O) groups is 1. The van der Waals surface area contributed by atoms with E-state index in [1.165, 1.54) is 47.4 Å². The molecule has 1 aromatic carbocycles. The van der Waals surface area contributed by atoms with Crippen LogP contribution in [0.1, 0.15) is 15.5 Å². The number of nitrogens with one attached hydrogen (secondary N) is 1. The number of aromatic nitrogens is 1. The predicted octanol–water partition coefficient (Wildman–Crippen LogP) is 3.76. The van der Waals surface area contributed by atoms with Crippen LogP contribution in [0, 0.1) is 5.82 Å². The lowest BCUT2D eigenvalue weighted by Gasteiger charge is -2.25. The molecule has 1 amide bonds.